The first-order valence-corrected chi connectivity index (χ1v) is 8.76. The number of benzene rings is 2. The summed E-state index contributed by atoms with van der Waals surface area (Å²) in [5.74, 6) is -0.252. The number of carbonyl (C=O) groups excluding carboxylic acids is 1. The van der Waals surface area contributed by atoms with Gasteiger partial charge in [0.05, 0.1) is 16.3 Å². The average molecular weight is 385 g/mol. The third-order valence-corrected chi connectivity index (χ3v) is 4.14. The molecule has 8 heteroatoms. The molecule has 1 heterocycles. The molecule has 0 saturated heterocycles. The van der Waals surface area contributed by atoms with Crippen molar-refractivity contribution in [2.45, 2.75) is 13.3 Å². The van der Waals surface area contributed by atoms with Crippen molar-refractivity contribution in [2.75, 3.05) is 6.54 Å². The van der Waals surface area contributed by atoms with E-state index in [0.29, 0.717) is 34.2 Å². The molecule has 0 fully saturated rings. The molecule has 7 nitrogen and oxygen atoms in total. The van der Waals surface area contributed by atoms with Gasteiger partial charge in [0.25, 0.3) is 11.6 Å². The highest BCUT2D eigenvalue weighted by atomic mass is 35.5. The van der Waals surface area contributed by atoms with Crippen LogP contribution in [0.15, 0.2) is 54.6 Å². The third-order valence-electron chi connectivity index (χ3n) is 3.90. The Morgan fingerprint density at radius 3 is 2.59 bits per heavy atom. The highest BCUT2D eigenvalue weighted by Gasteiger charge is 2.18. The van der Waals surface area contributed by atoms with E-state index in [-0.39, 0.29) is 11.6 Å². The number of nitrogens with one attached hydrogen (secondary N) is 1. The summed E-state index contributed by atoms with van der Waals surface area (Å²) in [7, 11) is 0. The van der Waals surface area contributed by atoms with Crippen molar-refractivity contribution in [1.82, 2.24) is 15.1 Å². The standard InChI is InChI=1S/C19H17ClN4O3/c1-2-10-21-19(25)18-12-17(13-6-8-15(9-7-13)24(26)27)22-23(18)16-5-3-4-14(20)11-16/h3-9,11-12H,2,10H2,1H3,(H,21,25). The van der Waals surface area contributed by atoms with Gasteiger partial charge in [0, 0.05) is 29.3 Å². The van der Waals surface area contributed by atoms with Crippen molar-refractivity contribution in [2.24, 2.45) is 0 Å². The summed E-state index contributed by atoms with van der Waals surface area (Å²) in [6.45, 7) is 2.52. The minimum absolute atomic E-state index is 0.00561. The predicted molar refractivity (Wildman–Crippen MR) is 103 cm³/mol. The molecule has 0 spiro atoms. The van der Waals surface area contributed by atoms with E-state index in [1.807, 2.05) is 6.92 Å². The molecule has 3 rings (SSSR count). The van der Waals surface area contributed by atoms with Crippen LogP contribution in [0.1, 0.15) is 23.8 Å². The molecule has 0 aliphatic carbocycles. The lowest BCUT2D eigenvalue weighted by Crippen LogP contribution is -2.26. The van der Waals surface area contributed by atoms with Crippen molar-refractivity contribution in [1.29, 1.82) is 0 Å². The molecule has 2 aromatic carbocycles. The lowest BCUT2D eigenvalue weighted by molar-refractivity contribution is -0.384. The summed E-state index contributed by atoms with van der Waals surface area (Å²) in [4.78, 5) is 23.0. The van der Waals surface area contributed by atoms with Crippen LogP contribution in [0.4, 0.5) is 5.69 Å². The van der Waals surface area contributed by atoms with E-state index in [9.17, 15) is 14.9 Å². The van der Waals surface area contributed by atoms with Crippen LogP contribution in [-0.2, 0) is 0 Å². The zero-order chi connectivity index (χ0) is 19.4. The second-order valence-electron chi connectivity index (χ2n) is 5.87. The van der Waals surface area contributed by atoms with E-state index in [1.165, 1.54) is 16.8 Å². The molecule has 0 radical (unpaired) electrons. The van der Waals surface area contributed by atoms with Crippen molar-refractivity contribution in [3.63, 3.8) is 0 Å². The molecule has 0 aliphatic heterocycles. The third kappa shape index (κ3) is 4.15. The monoisotopic (exact) mass is 384 g/mol. The van der Waals surface area contributed by atoms with E-state index in [1.54, 1.807) is 42.5 Å². The zero-order valence-corrected chi connectivity index (χ0v) is 15.3. The minimum atomic E-state index is -0.460. The first kappa shape index (κ1) is 18.6. The lowest BCUT2D eigenvalue weighted by atomic mass is 10.1. The van der Waals surface area contributed by atoms with Crippen LogP contribution in [0.25, 0.3) is 16.9 Å². The molecule has 3 aromatic rings. The summed E-state index contributed by atoms with van der Waals surface area (Å²) in [5.41, 5.74) is 2.21. The fraction of sp³-hybridized carbons (Fsp3) is 0.158. The molecule has 1 N–H and O–H groups in total. The molecule has 1 aromatic heterocycles. The molecular formula is C19H17ClN4O3. The van der Waals surface area contributed by atoms with Crippen LogP contribution < -0.4 is 5.32 Å². The Bertz CT molecular complexity index is 983. The van der Waals surface area contributed by atoms with Crippen LogP contribution in [0, 0.1) is 10.1 Å². The van der Waals surface area contributed by atoms with Crippen LogP contribution in [0.3, 0.4) is 0 Å². The van der Waals surface area contributed by atoms with Gasteiger partial charge in [-0.2, -0.15) is 5.10 Å². The largest absolute Gasteiger partial charge is 0.351 e. The van der Waals surface area contributed by atoms with Crippen molar-refractivity contribution < 1.29 is 9.72 Å². The summed E-state index contributed by atoms with van der Waals surface area (Å²) in [6, 6.07) is 14.7. The number of nitro benzene ring substituents is 1. The molecule has 0 bridgehead atoms. The summed E-state index contributed by atoms with van der Waals surface area (Å²) >= 11 is 6.08. The number of halogens is 1. The van der Waals surface area contributed by atoms with Gasteiger partial charge in [0.2, 0.25) is 0 Å². The van der Waals surface area contributed by atoms with Crippen molar-refractivity contribution >= 4 is 23.2 Å². The number of nitrogens with zero attached hydrogens (tertiary/aromatic N) is 3. The first-order chi connectivity index (χ1) is 13.0. The fourth-order valence-corrected chi connectivity index (χ4v) is 2.76. The Hall–Kier alpha value is -3.19. The van der Waals surface area contributed by atoms with Crippen LogP contribution in [0.2, 0.25) is 5.02 Å². The SMILES string of the molecule is CCCNC(=O)c1cc(-c2ccc([N+](=O)[O-])cc2)nn1-c1cccc(Cl)c1. The summed E-state index contributed by atoms with van der Waals surface area (Å²) in [5, 5.41) is 18.7. The molecule has 0 saturated carbocycles. The Balaban J connectivity index is 2.05. The molecule has 0 unspecified atom stereocenters. The predicted octanol–water partition coefficient (Wildman–Crippen LogP) is 4.24. The minimum Gasteiger partial charge on any atom is -0.351 e. The van der Waals surface area contributed by atoms with Crippen molar-refractivity contribution in [3.05, 3.63) is 75.4 Å². The first-order valence-electron chi connectivity index (χ1n) is 8.38. The number of carbonyl (C=O) groups is 1. The maximum atomic E-state index is 12.6. The molecule has 27 heavy (non-hydrogen) atoms. The normalized spacial score (nSPS) is 10.6. The van der Waals surface area contributed by atoms with Gasteiger partial charge in [-0.1, -0.05) is 24.6 Å². The number of hydrogen-bond donors (Lipinski definition) is 1. The quantitative estimate of drug-likeness (QED) is 0.508. The number of non-ortho nitro benzene ring substituents is 1. The number of hydrogen-bond acceptors (Lipinski definition) is 4. The van der Waals surface area contributed by atoms with Gasteiger partial charge < -0.3 is 5.32 Å². The van der Waals surface area contributed by atoms with Gasteiger partial charge in [-0.15, -0.1) is 0 Å². The molecule has 138 valence electrons. The van der Waals surface area contributed by atoms with Gasteiger partial charge in [0.15, 0.2) is 0 Å². The highest BCUT2D eigenvalue weighted by Crippen LogP contribution is 2.25. The highest BCUT2D eigenvalue weighted by molar-refractivity contribution is 6.30. The van der Waals surface area contributed by atoms with E-state index >= 15 is 0 Å². The molecule has 0 aliphatic rings. The van der Waals surface area contributed by atoms with Crippen LogP contribution in [-0.4, -0.2) is 27.2 Å². The van der Waals surface area contributed by atoms with Gasteiger partial charge in [-0.3, -0.25) is 14.9 Å². The number of rotatable bonds is 6. The summed E-state index contributed by atoms with van der Waals surface area (Å²) in [6.07, 6.45) is 0.812. The number of nitro groups is 1. The zero-order valence-electron chi connectivity index (χ0n) is 14.6. The smallest absolute Gasteiger partial charge is 0.270 e. The average Bonchev–Trinajstić information content (AvgIpc) is 3.11. The van der Waals surface area contributed by atoms with Crippen LogP contribution in [0.5, 0.6) is 0 Å². The topological polar surface area (TPSA) is 90.1 Å². The number of amides is 1. The van der Waals surface area contributed by atoms with E-state index in [2.05, 4.69) is 10.4 Å². The Labute approximate surface area is 160 Å². The molecular weight excluding hydrogens is 368 g/mol. The Morgan fingerprint density at radius 2 is 1.96 bits per heavy atom. The maximum absolute atomic E-state index is 12.6. The fourth-order valence-electron chi connectivity index (χ4n) is 2.57. The van der Waals surface area contributed by atoms with E-state index in [4.69, 9.17) is 11.6 Å². The Morgan fingerprint density at radius 1 is 1.22 bits per heavy atom. The van der Waals surface area contributed by atoms with Crippen LogP contribution >= 0.6 is 11.6 Å². The molecule has 0 atom stereocenters. The molecule has 1 amide bonds. The second-order valence-corrected chi connectivity index (χ2v) is 6.30. The maximum Gasteiger partial charge on any atom is 0.270 e. The second kappa shape index (κ2) is 8.01. The van der Waals surface area contributed by atoms with Crippen molar-refractivity contribution in [3.8, 4) is 16.9 Å². The summed E-state index contributed by atoms with van der Waals surface area (Å²) < 4.78 is 1.52. The van der Waals surface area contributed by atoms with Gasteiger partial charge in [-0.25, -0.2) is 4.68 Å². The van der Waals surface area contributed by atoms with Gasteiger partial charge in [0.1, 0.15) is 5.69 Å². The van der Waals surface area contributed by atoms with Gasteiger partial charge in [-0.05, 0) is 42.8 Å². The van der Waals surface area contributed by atoms with Gasteiger partial charge >= 0.3 is 0 Å². The van der Waals surface area contributed by atoms with E-state index < -0.39 is 4.92 Å². The Kier molecular flexibility index (Phi) is 5.52. The lowest BCUT2D eigenvalue weighted by Gasteiger charge is -2.08. The number of aromatic nitrogens is 2. The van der Waals surface area contributed by atoms with E-state index in [0.717, 1.165) is 6.42 Å².